The van der Waals surface area contributed by atoms with Gasteiger partial charge >= 0.3 is 0 Å². The molecule has 0 bridgehead atoms. The zero-order valence-corrected chi connectivity index (χ0v) is 16.1. The first kappa shape index (κ1) is 18.3. The highest BCUT2D eigenvalue weighted by Crippen LogP contribution is 2.38. The van der Waals surface area contributed by atoms with Crippen molar-refractivity contribution in [3.63, 3.8) is 0 Å². The summed E-state index contributed by atoms with van der Waals surface area (Å²) in [6.45, 7) is 0.412. The molecule has 0 spiro atoms. The van der Waals surface area contributed by atoms with E-state index in [0.717, 1.165) is 5.56 Å². The van der Waals surface area contributed by atoms with Crippen LogP contribution in [0.15, 0.2) is 47.0 Å². The first-order valence-corrected chi connectivity index (χ1v) is 9.08. The van der Waals surface area contributed by atoms with Gasteiger partial charge in [-0.1, -0.05) is 28.9 Å². The minimum absolute atomic E-state index is 0.0494. The van der Waals surface area contributed by atoms with E-state index in [0.29, 0.717) is 40.5 Å². The van der Waals surface area contributed by atoms with Crippen LogP contribution in [-0.4, -0.2) is 36.8 Å². The summed E-state index contributed by atoms with van der Waals surface area (Å²) in [5.74, 6) is 1.92. The van der Waals surface area contributed by atoms with E-state index in [-0.39, 0.29) is 18.2 Å². The number of ether oxygens (including phenoxy) is 2. The van der Waals surface area contributed by atoms with Gasteiger partial charge in [0.1, 0.15) is 11.5 Å². The van der Waals surface area contributed by atoms with Crippen LogP contribution in [-0.2, 0) is 4.79 Å². The number of rotatable bonds is 5. The Bertz CT molecular complexity index is 1020. The predicted molar refractivity (Wildman–Crippen MR) is 104 cm³/mol. The molecular weight excluding hydrogens is 382 g/mol. The maximum atomic E-state index is 12.6. The van der Waals surface area contributed by atoms with Crippen molar-refractivity contribution in [1.82, 2.24) is 10.1 Å². The van der Waals surface area contributed by atoms with Crippen LogP contribution in [0, 0.1) is 0 Å². The van der Waals surface area contributed by atoms with Crippen LogP contribution >= 0.6 is 11.6 Å². The molecular formula is C20H18ClN3O4. The number of nitrogens with zero attached hydrogens (tertiary/aromatic N) is 3. The molecule has 1 aliphatic heterocycles. The molecule has 1 fully saturated rings. The van der Waals surface area contributed by atoms with Crippen LogP contribution in [0.5, 0.6) is 11.5 Å². The van der Waals surface area contributed by atoms with Crippen LogP contribution in [0.25, 0.3) is 11.4 Å². The predicted octanol–water partition coefficient (Wildman–Crippen LogP) is 3.93. The van der Waals surface area contributed by atoms with E-state index in [9.17, 15) is 4.79 Å². The normalized spacial score (nSPS) is 16.5. The molecule has 1 amide bonds. The summed E-state index contributed by atoms with van der Waals surface area (Å²) < 4.78 is 16.1. The minimum Gasteiger partial charge on any atom is -0.497 e. The second kappa shape index (κ2) is 7.52. The first-order valence-electron chi connectivity index (χ1n) is 8.71. The molecule has 8 heteroatoms. The van der Waals surface area contributed by atoms with Gasteiger partial charge in [0, 0.05) is 23.6 Å². The molecule has 0 N–H and O–H groups in total. The van der Waals surface area contributed by atoms with Gasteiger partial charge in [-0.15, -0.1) is 0 Å². The number of amides is 1. The van der Waals surface area contributed by atoms with E-state index < -0.39 is 0 Å². The van der Waals surface area contributed by atoms with E-state index in [1.165, 1.54) is 0 Å². The molecule has 0 aliphatic carbocycles. The lowest BCUT2D eigenvalue weighted by Crippen LogP contribution is -2.24. The van der Waals surface area contributed by atoms with Crippen LogP contribution in [0.3, 0.4) is 0 Å². The molecule has 0 radical (unpaired) electrons. The van der Waals surface area contributed by atoms with Gasteiger partial charge in [0.2, 0.25) is 17.6 Å². The van der Waals surface area contributed by atoms with Gasteiger partial charge in [-0.2, -0.15) is 4.98 Å². The highest BCUT2D eigenvalue weighted by atomic mass is 35.5. The third-order valence-corrected chi connectivity index (χ3v) is 4.91. The lowest BCUT2D eigenvalue weighted by Gasteiger charge is -2.19. The standard InChI is InChI=1S/C20H18ClN3O4/c1-26-15-5-3-4-12(8-15)19-22-20(28-23-19)13-9-18(25)24(11-13)16-10-14(21)6-7-17(16)27-2/h3-8,10,13H,9,11H2,1-2H3. The quantitative estimate of drug-likeness (QED) is 0.647. The van der Waals surface area contributed by atoms with Crippen LogP contribution in [0.2, 0.25) is 5.02 Å². The largest absolute Gasteiger partial charge is 0.497 e. The van der Waals surface area contributed by atoms with Gasteiger partial charge in [0.15, 0.2) is 0 Å². The van der Waals surface area contributed by atoms with Crippen LogP contribution in [0.1, 0.15) is 18.2 Å². The topological polar surface area (TPSA) is 77.7 Å². The highest BCUT2D eigenvalue weighted by Gasteiger charge is 2.36. The molecule has 7 nitrogen and oxygen atoms in total. The molecule has 28 heavy (non-hydrogen) atoms. The Morgan fingerprint density at radius 1 is 1.18 bits per heavy atom. The number of hydrogen-bond donors (Lipinski definition) is 0. The second-order valence-corrected chi connectivity index (χ2v) is 6.85. The summed E-state index contributed by atoms with van der Waals surface area (Å²) in [5, 5.41) is 4.59. The van der Waals surface area contributed by atoms with E-state index in [1.807, 2.05) is 24.3 Å². The Kier molecular flexibility index (Phi) is 4.92. The van der Waals surface area contributed by atoms with Crippen molar-refractivity contribution in [3.05, 3.63) is 53.4 Å². The summed E-state index contributed by atoms with van der Waals surface area (Å²) in [4.78, 5) is 18.8. The number of hydrogen-bond acceptors (Lipinski definition) is 6. The molecule has 1 aromatic heterocycles. The van der Waals surface area contributed by atoms with Crippen LogP contribution < -0.4 is 14.4 Å². The summed E-state index contributed by atoms with van der Waals surface area (Å²) in [5.41, 5.74) is 1.42. The number of carbonyl (C=O) groups is 1. The number of carbonyl (C=O) groups excluding carboxylic acids is 1. The van der Waals surface area contributed by atoms with Gasteiger partial charge in [0.25, 0.3) is 0 Å². The average molecular weight is 400 g/mol. The number of methoxy groups -OCH3 is 2. The van der Waals surface area contributed by atoms with E-state index in [1.54, 1.807) is 37.3 Å². The van der Waals surface area contributed by atoms with Gasteiger partial charge in [-0.25, -0.2) is 0 Å². The fourth-order valence-electron chi connectivity index (χ4n) is 3.26. The SMILES string of the molecule is COc1cccc(-c2noc(C3CC(=O)N(c4cc(Cl)ccc4OC)C3)n2)c1. The molecule has 2 heterocycles. The minimum atomic E-state index is -0.206. The van der Waals surface area contributed by atoms with Crippen molar-refractivity contribution in [3.8, 4) is 22.9 Å². The molecule has 2 aromatic carbocycles. The highest BCUT2D eigenvalue weighted by molar-refractivity contribution is 6.31. The van der Waals surface area contributed by atoms with Crippen molar-refractivity contribution < 1.29 is 18.8 Å². The fraction of sp³-hybridized carbons (Fsp3) is 0.250. The maximum Gasteiger partial charge on any atom is 0.232 e. The van der Waals surface area contributed by atoms with Crippen molar-refractivity contribution in [2.45, 2.75) is 12.3 Å². The molecule has 3 aromatic rings. The molecule has 1 saturated heterocycles. The number of benzene rings is 2. The Morgan fingerprint density at radius 2 is 2.04 bits per heavy atom. The van der Waals surface area contributed by atoms with E-state index >= 15 is 0 Å². The average Bonchev–Trinajstić information content (AvgIpc) is 3.35. The summed E-state index contributed by atoms with van der Waals surface area (Å²) in [6.07, 6.45) is 0.273. The monoisotopic (exact) mass is 399 g/mol. The Hall–Kier alpha value is -3.06. The Labute approximate surface area is 166 Å². The van der Waals surface area contributed by atoms with Crippen molar-refractivity contribution >= 4 is 23.2 Å². The third-order valence-electron chi connectivity index (χ3n) is 4.68. The lowest BCUT2D eigenvalue weighted by molar-refractivity contribution is -0.117. The molecule has 1 aliphatic rings. The molecule has 1 atom stereocenters. The van der Waals surface area contributed by atoms with Gasteiger partial charge in [-0.05, 0) is 30.3 Å². The summed E-state index contributed by atoms with van der Waals surface area (Å²) in [7, 11) is 3.16. The maximum absolute atomic E-state index is 12.6. The van der Waals surface area contributed by atoms with Crippen molar-refractivity contribution in [2.24, 2.45) is 0 Å². The van der Waals surface area contributed by atoms with Crippen molar-refractivity contribution in [2.75, 3.05) is 25.7 Å². The van der Waals surface area contributed by atoms with E-state index in [2.05, 4.69) is 10.1 Å². The summed E-state index contributed by atoms with van der Waals surface area (Å²) in [6, 6.07) is 12.6. The molecule has 4 rings (SSSR count). The number of aromatic nitrogens is 2. The lowest BCUT2D eigenvalue weighted by atomic mass is 10.1. The zero-order valence-electron chi connectivity index (χ0n) is 15.4. The number of anilines is 1. The van der Waals surface area contributed by atoms with Gasteiger partial charge in [0.05, 0.1) is 25.8 Å². The van der Waals surface area contributed by atoms with Gasteiger partial charge in [-0.3, -0.25) is 4.79 Å². The summed E-state index contributed by atoms with van der Waals surface area (Å²) >= 11 is 6.10. The molecule has 1 unspecified atom stereocenters. The van der Waals surface area contributed by atoms with Crippen molar-refractivity contribution in [1.29, 1.82) is 0 Å². The fourth-order valence-corrected chi connectivity index (χ4v) is 3.43. The zero-order chi connectivity index (χ0) is 19.7. The Morgan fingerprint density at radius 3 is 2.82 bits per heavy atom. The number of halogens is 1. The smallest absolute Gasteiger partial charge is 0.232 e. The van der Waals surface area contributed by atoms with Crippen LogP contribution in [0.4, 0.5) is 5.69 Å². The van der Waals surface area contributed by atoms with E-state index in [4.69, 9.17) is 25.6 Å². The molecule has 0 saturated carbocycles. The molecule has 144 valence electrons. The Balaban J connectivity index is 1.58. The second-order valence-electron chi connectivity index (χ2n) is 6.41. The first-order chi connectivity index (χ1) is 13.6. The van der Waals surface area contributed by atoms with Gasteiger partial charge < -0.3 is 18.9 Å². The third kappa shape index (κ3) is 3.41.